The van der Waals surface area contributed by atoms with E-state index in [0.29, 0.717) is 12.3 Å². The Hall–Kier alpha value is -2.49. The van der Waals surface area contributed by atoms with E-state index in [4.69, 9.17) is 0 Å². The maximum absolute atomic E-state index is 13.2. The first kappa shape index (κ1) is 21.1. The van der Waals surface area contributed by atoms with Crippen molar-refractivity contribution in [3.05, 3.63) is 40.5 Å². The Morgan fingerprint density at radius 2 is 2.03 bits per heavy atom. The molecule has 1 aliphatic carbocycles. The molecule has 1 unspecified atom stereocenters. The molecule has 9 heteroatoms. The fourth-order valence-electron chi connectivity index (χ4n) is 5.03. The molecule has 1 aromatic carbocycles. The minimum atomic E-state index is 0.0598. The van der Waals surface area contributed by atoms with E-state index in [1.54, 1.807) is 17.7 Å². The number of nitrogens with zero attached hydrogens (tertiary/aromatic N) is 4. The first-order chi connectivity index (χ1) is 16.0. The predicted octanol–water partition coefficient (Wildman–Crippen LogP) is 3.49. The highest BCUT2D eigenvalue weighted by atomic mass is 32.2. The van der Waals surface area contributed by atoms with Crippen molar-refractivity contribution < 1.29 is 9.59 Å². The monoisotopic (exact) mass is 479 g/mol. The van der Waals surface area contributed by atoms with Crippen LogP contribution < -0.4 is 5.32 Å². The van der Waals surface area contributed by atoms with Crippen molar-refractivity contribution >= 4 is 55.8 Å². The normalized spacial score (nSPS) is 20.7. The summed E-state index contributed by atoms with van der Waals surface area (Å²) in [7, 11) is 2.11. The number of thiophene rings is 1. The van der Waals surface area contributed by atoms with Crippen molar-refractivity contribution in [3.63, 3.8) is 0 Å². The van der Waals surface area contributed by atoms with Gasteiger partial charge in [-0.15, -0.1) is 11.3 Å². The van der Waals surface area contributed by atoms with Gasteiger partial charge in [0, 0.05) is 54.0 Å². The fourth-order valence-corrected chi connectivity index (χ4v) is 7.22. The van der Waals surface area contributed by atoms with Gasteiger partial charge in [-0.05, 0) is 49.6 Å². The topological polar surface area (TPSA) is 78.4 Å². The first-order valence-corrected chi connectivity index (χ1v) is 13.0. The van der Waals surface area contributed by atoms with Crippen LogP contribution in [-0.4, -0.2) is 64.0 Å². The number of carbonyl (C=O) groups is 2. The molecule has 1 amide bonds. The molecule has 3 aliphatic rings. The van der Waals surface area contributed by atoms with Gasteiger partial charge in [-0.25, -0.2) is 9.97 Å². The Bertz CT molecular complexity index is 1270. The molecule has 1 fully saturated rings. The molecule has 0 saturated carbocycles. The van der Waals surface area contributed by atoms with E-state index in [-0.39, 0.29) is 11.0 Å². The minimum Gasteiger partial charge on any atom is -0.340 e. The number of nitrogens with one attached hydrogen (secondary N) is 1. The van der Waals surface area contributed by atoms with Gasteiger partial charge in [0.25, 0.3) is 0 Å². The fraction of sp³-hybridized carbons (Fsp3) is 0.417. The molecule has 2 aromatic heterocycles. The van der Waals surface area contributed by atoms with Crippen LogP contribution in [0.1, 0.15) is 22.4 Å². The predicted molar refractivity (Wildman–Crippen MR) is 131 cm³/mol. The van der Waals surface area contributed by atoms with E-state index < -0.39 is 0 Å². The van der Waals surface area contributed by atoms with Crippen LogP contribution in [0.25, 0.3) is 10.2 Å². The zero-order chi connectivity index (χ0) is 22.5. The second kappa shape index (κ2) is 8.38. The van der Waals surface area contributed by atoms with E-state index in [1.165, 1.54) is 22.2 Å². The average Bonchev–Trinajstić information content (AvgIpc) is 3.38. The lowest BCUT2D eigenvalue weighted by Crippen LogP contribution is -2.49. The summed E-state index contributed by atoms with van der Waals surface area (Å²) in [4.78, 5) is 41.6. The summed E-state index contributed by atoms with van der Waals surface area (Å²) < 4.78 is 0. The van der Waals surface area contributed by atoms with Gasteiger partial charge in [-0.2, -0.15) is 0 Å². The van der Waals surface area contributed by atoms with Gasteiger partial charge >= 0.3 is 0 Å². The Labute approximate surface area is 200 Å². The number of hydrogen-bond donors (Lipinski definition) is 1. The van der Waals surface area contributed by atoms with Gasteiger partial charge in [-0.1, -0.05) is 17.8 Å². The van der Waals surface area contributed by atoms with Crippen molar-refractivity contribution in [1.29, 1.82) is 0 Å². The molecule has 33 heavy (non-hydrogen) atoms. The number of fused-ring (bicyclic) bond motifs is 4. The third kappa shape index (κ3) is 3.92. The van der Waals surface area contributed by atoms with Crippen molar-refractivity contribution in [3.8, 4) is 0 Å². The zero-order valence-electron chi connectivity index (χ0n) is 18.5. The zero-order valence-corrected chi connectivity index (χ0v) is 20.1. The molecule has 1 N–H and O–H groups in total. The van der Waals surface area contributed by atoms with Crippen LogP contribution in [0.3, 0.4) is 0 Å². The Kier molecular flexibility index (Phi) is 5.35. The van der Waals surface area contributed by atoms with E-state index >= 15 is 0 Å². The number of benzene rings is 1. The molecule has 6 rings (SSSR count). The number of anilines is 2. The smallest absolute Gasteiger partial charge is 0.226 e. The number of piperazine rings is 1. The summed E-state index contributed by atoms with van der Waals surface area (Å²) in [6.45, 7) is 3.56. The molecule has 1 atom stereocenters. The SMILES string of the molecule is CN1CCN(C(=O)C2CCc3c(sc4ncnc(Nc5ccc6c(c5)SC(=O)C6)c34)C2)CC1. The number of aryl methyl sites for hydroxylation is 1. The molecule has 7 nitrogen and oxygen atoms in total. The number of hydrogen-bond acceptors (Lipinski definition) is 8. The molecule has 2 aliphatic heterocycles. The van der Waals surface area contributed by atoms with E-state index in [2.05, 4.69) is 27.2 Å². The summed E-state index contributed by atoms with van der Waals surface area (Å²) in [5.41, 5.74) is 3.30. The number of likely N-dealkylation sites (N-methyl/N-ethyl adjacent to an activating group) is 1. The second-order valence-electron chi connectivity index (χ2n) is 9.07. The summed E-state index contributed by atoms with van der Waals surface area (Å²) in [6, 6.07) is 6.06. The van der Waals surface area contributed by atoms with Gasteiger partial charge in [0.15, 0.2) is 5.12 Å². The number of amides is 1. The van der Waals surface area contributed by atoms with Gasteiger partial charge in [-0.3, -0.25) is 9.59 Å². The van der Waals surface area contributed by atoms with Crippen LogP contribution in [0.5, 0.6) is 0 Å². The number of carbonyl (C=O) groups excluding carboxylic acids is 2. The molecule has 1 saturated heterocycles. The summed E-state index contributed by atoms with van der Waals surface area (Å²) in [5.74, 6) is 1.17. The molecule has 0 bridgehead atoms. The van der Waals surface area contributed by atoms with Gasteiger partial charge < -0.3 is 15.1 Å². The average molecular weight is 480 g/mol. The number of aromatic nitrogens is 2. The highest BCUT2D eigenvalue weighted by Gasteiger charge is 2.32. The molecule has 0 radical (unpaired) electrons. The van der Waals surface area contributed by atoms with Gasteiger partial charge in [0.1, 0.15) is 17.0 Å². The van der Waals surface area contributed by atoms with Crippen LogP contribution in [0, 0.1) is 5.92 Å². The summed E-state index contributed by atoms with van der Waals surface area (Å²) in [5, 5.41) is 4.74. The Morgan fingerprint density at radius 1 is 1.18 bits per heavy atom. The van der Waals surface area contributed by atoms with Gasteiger partial charge in [0.05, 0.1) is 5.39 Å². The van der Waals surface area contributed by atoms with E-state index in [9.17, 15) is 9.59 Å². The molecule has 0 spiro atoms. The van der Waals surface area contributed by atoms with Gasteiger partial charge in [0.2, 0.25) is 5.91 Å². The third-order valence-corrected chi connectivity index (χ3v) is 9.03. The minimum absolute atomic E-state index is 0.0598. The molecule has 3 aromatic rings. The molecule has 4 heterocycles. The summed E-state index contributed by atoms with van der Waals surface area (Å²) in [6.07, 6.45) is 4.64. The van der Waals surface area contributed by atoms with Crippen molar-refractivity contribution in [2.24, 2.45) is 5.92 Å². The quantitative estimate of drug-likeness (QED) is 0.616. The summed E-state index contributed by atoms with van der Waals surface area (Å²) >= 11 is 3.00. The van der Waals surface area contributed by atoms with Crippen LogP contribution >= 0.6 is 23.1 Å². The number of thioether (sulfide) groups is 1. The lowest BCUT2D eigenvalue weighted by molar-refractivity contribution is -0.137. The maximum Gasteiger partial charge on any atom is 0.226 e. The highest BCUT2D eigenvalue weighted by molar-refractivity contribution is 8.14. The standard InChI is InChI=1S/C24H25N5O2S2/c1-28-6-8-29(9-7-28)24(31)15-3-5-17-19(10-15)33-23-21(17)22(25-13-26-23)27-16-4-2-14-11-20(30)32-18(14)12-16/h2,4,12-13,15H,3,5-11H2,1H3,(H,25,26,27). The van der Waals surface area contributed by atoms with Crippen LogP contribution in [0.4, 0.5) is 11.5 Å². The maximum atomic E-state index is 13.2. The van der Waals surface area contributed by atoms with E-state index in [1.807, 2.05) is 23.1 Å². The van der Waals surface area contributed by atoms with Crippen LogP contribution in [0.15, 0.2) is 29.4 Å². The molecular formula is C24H25N5O2S2. The van der Waals surface area contributed by atoms with Crippen molar-refractivity contribution in [1.82, 2.24) is 19.8 Å². The van der Waals surface area contributed by atoms with E-state index in [0.717, 1.165) is 77.6 Å². The third-order valence-electron chi connectivity index (χ3n) is 6.90. The lowest BCUT2D eigenvalue weighted by Gasteiger charge is -2.35. The van der Waals surface area contributed by atoms with Crippen molar-refractivity contribution in [2.45, 2.75) is 30.6 Å². The molecule has 170 valence electrons. The molecular weight excluding hydrogens is 454 g/mol. The second-order valence-corrected chi connectivity index (χ2v) is 11.3. The lowest BCUT2D eigenvalue weighted by atomic mass is 9.86. The van der Waals surface area contributed by atoms with Crippen molar-refractivity contribution in [2.75, 3.05) is 38.5 Å². The Morgan fingerprint density at radius 3 is 2.88 bits per heavy atom. The van der Waals surface area contributed by atoms with Crippen LogP contribution in [0.2, 0.25) is 0 Å². The highest BCUT2D eigenvalue weighted by Crippen LogP contribution is 2.41. The van der Waals surface area contributed by atoms with Crippen LogP contribution in [-0.2, 0) is 28.9 Å². The number of rotatable bonds is 3. The first-order valence-electron chi connectivity index (χ1n) is 11.4. The largest absolute Gasteiger partial charge is 0.340 e. The Balaban J connectivity index is 1.25.